The van der Waals surface area contributed by atoms with Gasteiger partial charge in [0.05, 0.1) is 0 Å². The first-order valence-corrected chi connectivity index (χ1v) is 6.61. The fourth-order valence-electron chi connectivity index (χ4n) is 2.96. The normalized spacial score (nSPS) is 21.5. The summed E-state index contributed by atoms with van der Waals surface area (Å²) in [4.78, 5) is 11.4. The van der Waals surface area contributed by atoms with Gasteiger partial charge < -0.3 is 0 Å². The molecule has 3 heteroatoms. The van der Waals surface area contributed by atoms with Crippen molar-refractivity contribution in [2.24, 2.45) is 0 Å². The highest BCUT2D eigenvalue weighted by Gasteiger charge is 2.43. The van der Waals surface area contributed by atoms with E-state index in [2.05, 4.69) is 15.9 Å². The van der Waals surface area contributed by atoms with Crippen molar-refractivity contribution >= 4 is 27.8 Å². The largest absolute Gasteiger partial charge is 0.300 e. The first kappa shape index (κ1) is 11.1. The lowest BCUT2D eigenvalue weighted by molar-refractivity contribution is -0.121. The number of hydrogen-bond acceptors (Lipinski definition) is 1. The van der Waals surface area contributed by atoms with Gasteiger partial charge in [-0.3, -0.25) is 4.79 Å². The van der Waals surface area contributed by atoms with Gasteiger partial charge in [0.15, 0.2) is 0 Å². The summed E-state index contributed by atoms with van der Waals surface area (Å²) in [6.45, 7) is 0. The Hall–Kier alpha value is -0.960. The predicted molar refractivity (Wildman–Crippen MR) is 68.5 cm³/mol. The number of benzene rings is 1. The molecule has 0 aliphatic heterocycles. The number of ketones is 1. The molecule has 17 heavy (non-hydrogen) atoms. The van der Waals surface area contributed by atoms with Crippen LogP contribution in [0.2, 0.25) is 0 Å². The molecular formula is C14H12BrFO. The quantitative estimate of drug-likeness (QED) is 0.708. The molecule has 1 aromatic rings. The van der Waals surface area contributed by atoms with E-state index in [0.29, 0.717) is 24.2 Å². The number of carbonyl (C=O) groups excluding carboxylic acids is 1. The standard InChI is InChI=1S/C14H12BrFO/c15-13-8-10-11(2-1-3-12(10)16)14(13)6-4-9(17)5-7-14/h1-3,8H,4-7H2. The molecular weight excluding hydrogens is 283 g/mol. The fraction of sp³-hybridized carbons (Fsp3) is 0.357. The minimum absolute atomic E-state index is 0.147. The summed E-state index contributed by atoms with van der Waals surface area (Å²) in [5.74, 6) is 0.147. The second-order valence-electron chi connectivity index (χ2n) is 4.81. The van der Waals surface area contributed by atoms with E-state index in [1.165, 1.54) is 6.07 Å². The molecule has 1 nitrogen and oxygen atoms in total. The van der Waals surface area contributed by atoms with Gasteiger partial charge >= 0.3 is 0 Å². The van der Waals surface area contributed by atoms with Crippen LogP contribution in [0.15, 0.2) is 22.7 Å². The monoisotopic (exact) mass is 294 g/mol. The molecule has 0 radical (unpaired) electrons. The summed E-state index contributed by atoms with van der Waals surface area (Å²) in [6, 6.07) is 5.23. The molecule has 1 saturated carbocycles. The van der Waals surface area contributed by atoms with Crippen molar-refractivity contribution in [3.8, 4) is 0 Å². The van der Waals surface area contributed by atoms with Gasteiger partial charge in [0, 0.05) is 28.3 Å². The highest BCUT2D eigenvalue weighted by molar-refractivity contribution is 9.11. The van der Waals surface area contributed by atoms with Crippen LogP contribution in [-0.2, 0) is 10.2 Å². The third-order valence-electron chi connectivity index (χ3n) is 3.96. The summed E-state index contributed by atoms with van der Waals surface area (Å²) >= 11 is 3.58. The topological polar surface area (TPSA) is 17.1 Å². The number of carbonyl (C=O) groups is 1. The molecule has 0 heterocycles. The third kappa shape index (κ3) is 1.52. The van der Waals surface area contributed by atoms with Crippen LogP contribution >= 0.6 is 15.9 Å². The molecule has 1 fully saturated rings. The van der Waals surface area contributed by atoms with Gasteiger partial charge in [-0.1, -0.05) is 28.1 Å². The number of allylic oxidation sites excluding steroid dienone is 1. The van der Waals surface area contributed by atoms with Crippen LogP contribution in [0.4, 0.5) is 4.39 Å². The van der Waals surface area contributed by atoms with Crippen LogP contribution in [0.1, 0.15) is 36.8 Å². The second kappa shape index (κ2) is 3.77. The maximum atomic E-state index is 13.7. The van der Waals surface area contributed by atoms with Crippen molar-refractivity contribution in [3.63, 3.8) is 0 Å². The van der Waals surface area contributed by atoms with Crippen LogP contribution < -0.4 is 0 Å². The Morgan fingerprint density at radius 3 is 2.65 bits per heavy atom. The Labute approximate surface area is 108 Å². The van der Waals surface area contributed by atoms with Crippen molar-refractivity contribution in [1.82, 2.24) is 0 Å². The number of rotatable bonds is 0. The highest BCUT2D eigenvalue weighted by Crippen LogP contribution is 2.52. The van der Waals surface area contributed by atoms with Gasteiger partial charge in [0.2, 0.25) is 0 Å². The molecule has 0 unspecified atom stereocenters. The van der Waals surface area contributed by atoms with Crippen molar-refractivity contribution in [2.75, 3.05) is 0 Å². The van der Waals surface area contributed by atoms with E-state index in [4.69, 9.17) is 0 Å². The first-order valence-electron chi connectivity index (χ1n) is 5.82. The molecule has 0 saturated heterocycles. The molecule has 0 N–H and O–H groups in total. The van der Waals surface area contributed by atoms with E-state index in [9.17, 15) is 9.18 Å². The Kier molecular flexibility index (Phi) is 2.47. The van der Waals surface area contributed by atoms with Gasteiger partial charge in [-0.2, -0.15) is 0 Å². The zero-order valence-corrected chi connectivity index (χ0v) is 10.9. The van der Waals surface area contributed by atoms with E-state index in [-0.39, 0.29) is 11.2 Å². The van der Waals surface area contributed by atoms with Gasteiger partial charge in [-0.15, -0.1) is 0 Å². The van der Waals surface area contributed by atoms with Crippen molar-refractivity contribution < 1.29 is 9.18 Å². The molecule has 3 rings (SSSR count). The number of halogens is 2. The molecule has 1 aromatic carbocycles. The number of fused-ring (bicyclic) bond motifs is 2. The van der Waals surface area contributed by atoms with Gasteiger partial charge in [-0.25, -0.2) is 4.39 Å². The summed E-state index contributed by atoms with van der Waals surface area (Å²) < 4.78 is 14.8. The van der Waals surface area contributed by atoms with E-state index < -0.39 is 0 Å². The van der Waals surface area contributed by atoms with E-state index in [0.717, 1.165) is 22.9 Å². The van der Waals surface area contributed by atoms with Gasteiger partial charge in [-0.05, 0) is 30.5 Å². The zero-order chi connectivity index (χ0) is 12.0. The summed E-state index contributed by atoms with van der Waals surface area (Å²) in [6.07, 6.45) is 4.65. The highest BCUT2D eigenvalue weighted by atomic mass is 79.9. The summed E-state index contributed by atoms with van der Waals surface area (Å²) in [5.41, 5.74) is 1.58. The first-order chi connectivity index (χ1) is 8.13. The molecule has 88 valence electrons. The predicted octanol–water partition coefficient (Wildman–Crippen LogP) is 3.96. The van der Waals surface area contributed by atoms with Gasteiger partial charge in [0.25, 0.3) is 0 Å². The van der Waals surface area contributed by atoms with E-state index in [1.54, 1.807) is 6.07 Å². The SMILES string of the molecule is O=C1CCC2(CC1)C(Br)=Cc1c(F)cccc12. The molecule has 1 spiro atoms. The van der Waals surface area contributed by atoms with Crippen LogP contribution in [0.25, 0.3) is 6.08 Å². The lowest BCUT2D eigenvalue weighted by Crippen LogP contribution is -2.30. The Morgan fingerprint density at radius 1 is 1.24 bits per heavy atom. The minimum Gasteiger partial charge on any atom is -0.300 e. The average molecular weight is 295 g/mol. The van der Waals surface area contributed by atoms with Crippen molar-refractivity contribution in [1.29, 1.82) is 0 Å². The van der Waals surface area contributed by atoms with E-state index >= 15 is 0 Å². The third-order valence-corrected chi connectivity index (χ3v) is 4.95. The summed E-state index contributed by atoms with van der Waals surface area (Å²) in [7, 11) is 0. The number of hydrogen-bond donors (Lipinski definition) is 0. The van der Waals surface area contributed by atoms with Crippen LogP contribution in [0, 0.1) is 5.82 Å². The molecule has 0 bridgehead atoms. The Morgan fingerprint density at radius 2 is 1.94 bits per heavy atom. The Balaban J connectivity index is 2.12. The maximum absolute atomic E-state index is 13.7. The second-order valence-corrected chi connectivity index (χ2v) is 5.67. The average Bonchev–Trinajstić information content (AvgIpc) is 2.59. The molecule has 2 aliphatic rings. The summed E-state index contributed by atoms with van der Waals surface area (Å²) in [5, 5.41) is 0. The molecule has 0 amide bonds. The minimum atomic E-state index is -0.173. The van der Waals surface area contributed by atoms with E-state index in [1.807, 2.05) is 12.1 Å². The lowest BCUT2D eigenvalue weighted by atomic mass is 9.70. The van der Waals surface area contributed by atoms with Crippen LogP contribution in [0.5, 0.6) is 0 Å². The van der Waals surface area contributed by atoms with Crippen molar-refractivity contribution in [3.05, 3.63) is 39.6 Å². The molecule has 0 aromatic heterocycles. The maximum Gasteiger partial charge on any atom is 0.133 e. The molecule has 2 aliphatic carbocycles. The van der Waals surface area contributed by atoms with Crippen LogP contribution in [0.3, 0.4) is 0 Å². The smallest absolute Gasteiger partial charge is 0.133 e. The zero-order valence-electron chi connectivity index (χ0n) is 9.30. The molecule has 0 atom stereocenters. The number of Topliss-reactive ketones (excluding diaryl/α,β-unsaturated/α-hetero) is 1. The lowest BCUT2D eigenvalue weighted by Gasteiger charge is -2.35. The Bertz CT molecular complexity index is 523. The van der Waals surface area contributed by atoms with Crippen LogP contribution in [-0.4, -0.2) is 5.78 Å². The van der Waals surface area contributed by atoms with Crippen molar-refractivity contribution in [2.45, 2.75) is 31.1 Å². The fourth-order valence-corrected chi connectivity index (χ4v) is 3.80. The van der Waals surface area contributed by atoms with Gasteiger partial charge in [0.1, 0.15) is 11.6 Å².